The molecule has 286 valence electrons. The molecule has 13 nitrogen and oxygen atoms in total. The Morgan fingerprint density at radius 2 is 1.39 bits per heavy atom. The molecule has 1 unspecified atom stereocenters. The fourth-order valence-corrected chi connectivity index (χ4v) is 6.09. The summed E-state index contributed by atoms with van der Waals surface area (Å²) in [5.41, 5.74) is 6.40. The molecule has 0 heterocycles. The van der Waals surface area contributed by atoms with Crippen molar-refractivity contribution in [3.05, 3.63) is 126 Å². The lowest BCUT2D eigenvalue weighted by Crippen LogP contribution is -2.55. The first kappa shape index (κ1) is 41.2. The summed E-state index contributed by atoms with van der Waals surface area (Å²) in [5, 5.41) is 22.8. The highest BCUT2D eigenvalue weighted by molar-refractivity contribution is 7.92. The van der Waals surface area contributed by atoms with Crippen LogP contribution in [0.2, 0.25) is 0 Å². The van der Waals surface area contributed by atoms with Crippen LogP contribution >= 0.6 is 0 Å². The molecule has 0 aliphatic carbocycles. The molecule has 4 aromatic rings. The Labute approximate surface area is 316 Å². The van der Waals surface area contributed by atoms with Gasteiger partial charge < -0.3 is 32.1 Å². The van der Waals surface area contributed by atoms with E-state index in [1.54, 1.807) is 62.4 Å². The highest BCUT2D eigenvalue weighted by Gasteiger charge is 2.39. The van der Waals surface area contributed by atoms with E-state index in [1.165, 1.54) is 25.2 Å². The summed E-state index contributed by atoms with van der Waals surface area (Å²) >= 11 is 0. The Bertz CT molecular complexity index is 2010. The maximum Gasteiger partial charge on any atom is 0.252 e. The summed E-state index contributed by atoms with van der Waals surface area (Å²) in [6, 6.07) is 30.0. The predicted molar refractivity (Wildman–Crippen MR) is 210 cm³/mol. The van der Waals surface area contributed by atoms with Gasteiger partial charge in [-0.2, -0.15) is 0 Å². The number of nitrogens with zero attached hydrogens (tertiary/aromatic N) is 1. The van der Waals surface area contributed by atoms with Crippen LogP contribution in [-0.4, -0.2) is 62.1 Å². The van der Waals surface area contributed by atoms with Crippen LogP contribution in [0.5, 0.6) is 0 Å². The number of sulfonamides is 1. The van der Waals surface area contributed by atoms with E-state index in [0.717, 1.165) is 16.1 Å². The topological polar surface area (TPSA) is 200 Å². The summed E-state index contributed by atoms with van der Waals surface area (Å²) in [6.45, 7) is 3.54. The predicted octanol–water partition coefficient (Wildman–Crippen LogP) is 4.33. The van der Waals surface area contributed by atoms with E-state index in [2.05, 4.69) is 21.3 Å². The first-order valence-electron chi connectivity index (χ1n) is 17.5. The van der Waals surface area contributed by atoms with Gasteiger partial charge in [-0.15, -0.1) is 0 Å². The van der Waals surface area contributed by atoms with Gasteiger partial charge in [0.1, 0.15) is 17.8 Å². The molecule has 4 rings (SSSR count). The number of amides is 4. The number of anilines is 3. The highest BCUT2D eigenvalue weighted by atomic mass is 32.2. The smallest absolute Gasteiger partial charge is 0.252 e. The molecule has 0 aliphatic rings. The van der Waals surface area contributed by atoms with Gasteiger partial charge in [-0.05, 0) is 66.6 Å². The van der Waals surface area contributed by atoms with Gasteiger partial charge in [0.15, 0.2) is 0 Å². The van der Waals surface area contributed by atoms with Crippen LogP contribution in [0.15, 0.2) is 109 Å². The molecule has 0 aromatic heterocycles. The number of rotatable bonds is 17. The molecule has 0 bridgehead atoms. The fraction of sp³-hybridized carbons (Fsp3) is 0.300. The van der Waals surface area contributed by atoms with E-state index in [-0.39, 0.29) is 42.1 Å². The zero-order valence-corrected chi connectivity index (χ0v) is 31.6. The number of carbonyl (C=O) groups is 4. The standard InChI is InChI=1S/C40H48N6O7S/c1-27(2)35(38(49)43-31-18-12-7-13-19-31)44-39(50)40(51,22-20-28-14-8-5-9-15-28)23-21-34(47)42-32-24-30(25-33(26-32)46(3)54(4,52)53)37(48)45-36(41)29-16-10-6-11-17-29/h5-19,24-27,35-36,51H,20-23,41H2,1-4H3,(H,42,47)(H,43,49)(H,44,50)(H,45,48)/t35-,36-,40?/m0/s1. The van der Waals surface area contributed by atoms with E-state index in [1.807, 2.05) is 42.5 Å². The normalized spacial score (nSPS) is 13.5. The fourth-order valence-electron chi connectivity index (χ4n) is 5.60. The minimum atomic E-state index is -3.76. The van der Waals surface area contributed by atoms with E-state index < -0.39 is 51.5 Å². The van der Waals surface area contributed by atoms with Crippen molar-refractivity contribution in [3.63, 3.8) is 0 Å². The molecule has 0 radical (unpaired) electrons. The van der Waals surface area contributed by atoms with Crippen molar-refractivity contribution < 1.29 is 32.7 Å². The summed E-state index contributed by atoms with van der Waals surface area (Å²) < 4.78 is 25.8. The Morgan fingerprint density at radius 3 is 1.98 bits per heavy atom. The lowest BCUT2D eigenvalue weighted by atomic mass is 9.88. The Morgan fingerprint density at radius 1 is 0.796 bits per heavy atom. The van der Waals surface area contributed by atoms with Crippen LogP contribution in [0, 0.1) is 5.92 Å². The van der Waals surface area contributed by atoms with Gasteiger partial charge in [0.25, 0.3) is 11.8 Å². The van der Waals surface area contributed by atoms with Gasteiger partial charge in [0.05, 0.1) is 11.9 Å². The summed E-state index contributed by atoms with van der Waals surface area (Å²) in [6.07, 6.45) is -0.272. The molecule has 54 heavy (non-hydrogen) atoms. The van der Waals surface area contributed by atoms with Crippen LogP contribution in [0.1, 0.15) is 60.8 Å². The first-order chi connectivity index (χ1) is 25.6. The number of benzene rings is 4. The molecule has 0 saturated carbocycles. The van der Waals surface area contributed by atoms with Gasteiger partial charge in [-0.25, -0.2) is 8.42 Å². The lowest BCUT2D eigenvalue weighted by Gasteiger charge is -2.30. The number of nitrogens with one attached hydrogen (secondary N) is 4. The van der Waals surface area contributed by atoms with Gasteiger partial charge in [-0.3, -0.25) is 23.5 Å². The molecule has 0 aliphatic heterocycles. The van der Waals surface area contributed by atoms with Gasteiger partial charge in [-0.1, -0.05) is 92.7 Å². The van der Waals surface area contributed by atoms with Crippen molar-refractivity contribution in [2.75, 3.05) is 28.2 Å². The van der Waals surface area contributed by atoms with Crippen molar-refractivity contribution in [3.8, 4) is 0 Å². The number of hydrogen-bond donors (Lipinski definition) is 6. The van der Waals surface area contributed by atoms with Crippen molar-refractivity contribution in [1.82, 2.24) is 10.6 Å². The third kappa shape index (κ3) is 11.7. The molecular formula is C40H48N6O7S. The zero-order chi connectivity index (χ0) is 39.5. The number of aliphatic hydroxyl groups is 1. The number of para-hydroxylation sites is 1. The highest BCUT2D eigenvalue weighted by Crippen LogP contribution is 2.26. The van der Waals surface area contributed by atoms with Gasteiger partial charge >= 0.3 is 0 Å². The van der Waals surface area contributed by atoms with Crippen molar-refractivity contribution in [2.24, 2.45) is 11.7 Å². The number of nitrogens with two attached hydrogens (primary N) is 1. The van der Waals surface area contributed by atoms with E-state index in [4.69, 9.17) is 5.73 Å². The lowest BCUT2D eigenvalue weighted by molar-refractivity contribution is -0.144. The molecule has 4 amide bonds. The molecule has 0 fully saturated rings. The maximum absolute atomic E-state index is 13.9. The second-order valence-electron chi connectivity index (χ2n) is 13.5. The molecule has 14 heteroatoms. The largest absolute Gasteiger partial charge is 0.380 e. The summed E-state index contributed by atoms with van der Waals surface area (Å²) in [5.74, 6) is -2.84. The minimum absolute atomic E-state index is 0.0249. The van der Waals surface area contributed by atoms with Crippen LogP contribution in [0.3, 0.4) is 0 Å². The third-order valence-corrected chi connectivity index (χ3v) is 10.1. The van der Waals surface area contributed by atoms with Gasteiger partial charge in [0, 0.05) is 30.4 Å². The average Bonchev–Trinajstić information content (AvgIpc) is 3.15. The molecule has 0 saturated heterocycles. The average molecular weight is 757 g/mol. The summed E-state index contributed by atoms with van der Waals surface area (Å²) in [7, 11) is -2.45. The van der Waals surface area contributed by atoms with Crippen molar-refractivity contribution in [2.45, 2.75) is 57.3 Å². The first-order valence-corrected chi connectivity index (χ1v) is 19.3. The van der Waals surface area contributed by atoms with Crippen LogP contribution in [0.25, 0.3) is 0 Å². The van der Waals surface area contributed by atoms with Crippen molar-refractivity contribution >= 4 is 50.7 Å². The number of carbonyl (C=O) groups excluding carboxylic acids is 4. The SMILES string of the molecule is CC(C)[C@H](NC(=O)C(O)(CCC(=O)Nc1cc(C(=O)N[C@H](N)c2ccccc2)cc(N(C)S(C)(=O)=O)c1)CCc1ccccc1)C(=O)Nc1ccccc1. The van der Waals surface area contributed by atoms with Crippen LogP contribution < -0.4 is 31.3 Å². The van der Waals surface area contributed by atoms with Crippen LogP contribution in [-0.2, 0) is 30.8 Å². The second-order valence-corrected chi connectivity index (χ2v) is 15.5. The zero-order valence-electron chi connectivity index (χ0n) is 30.8. The number of hydrogen-bond acceptors (Lipinski definition) is 8. The Kier molecular flexibility index (Phi) is 14.1. The molecule has 0 spiro atoms. The molecule has 7 N–H and O–H groups in total. The third-order valence-electron chi connectivity index (χ3n) is 8.91. The quantitative estimate of drug-likeness (QED) is 0.0856. The number of aryl methyl sites for hydroxylation is 1. The maximum atomic E-state index is 13.9. The summed E-state index contributed by atoms with van der Waals surface area (Å²) in [4.78, 5) is 53.9. The molecule has 3 atom stereocenters. The van der Waals surface area contributed by atoms with Crippen molar-refractivity contribution in [1.29, 1.82) is 0 Å². The minimum Gasteiger partial charge on any atom is -0.380 e. The Balaban J connectivity index is 1.54. The molecule has 4 aromatic carbocycles. The Hall–Kier alpha value is -5.57. The van der Waals surface area contributed by atoms with Crippen LogP contribution in [0.4, 0.5) is 17.1 Å². The van der Waals surface area contributed by atoms with E-state index in [0.29, 0.717) is 17.7 Å². The van der Waals surface area contributed by atoms with E-state index in [9.17, 15) is 32.7 Å². The van der Waals surface area contributed by atoms with Gasteiger partial charge in [0.2, 0.25) is 21.8 Å². The second kappa shape index (κ2) is 18.5. The van der Waals surface area contributed by atoms with E-state index >= 15 is 0 Å². The molecular weight excluding hydrogens is 709 g/mol. The monoisotopic (exact) mass is 756 g/mol.